The molecule has 2 aromatic heterocycles. The van der Waals surface area contributed by atoms with Crippen LogP contribution >= 0.6 is 0 Å². The van der Waals surface area contributed by atoms with Gasteiger partial charge in [0.05, 0.1) is 0 Å². The van der Waals surface area contributed by atoms with Crippen molar-refractivity contribution in [3.63, 3.8) is 0 Å². The van der Waals surface area contributed by atoms with Crippen LogP contribution in [0.4, 0.5) is 20.3 Å². The Balaban J connectivity index is 2.35. The van der Waals surface area contributed by atoms with Gasteiger partial charge in [-0.05, 0) is 31.6 Å². The van der Waals surface area contributed by atoms with Gasteiger partial charge in [0.15, 0.2) is 11.1 Å². The normalized spacial score (nSPS) is 12.0. The van der Waals surface area contributed by atoms with Crippen molar-refractivity contribution in [2.24, 2.45) is 0 Å². The highest BCUT2D eigenvalue weighted by molar-refractivity contribution is 5.89. The van der Waals surface area contributed by atoms with Crippen LogP contribution in [0, 0.1) is 6.92 Å². The molecule has 0 radical (unpaired) electrons. The molecular formula is C25H25F2N3O2. The summed E-state index contributed by atoms with van der Waals surface area (Å²) in [5, 5.41) is 3.41. The van der Waals surface area contributed by atoms with E-state index in [0.717, 1.165) is 17.8 Å². The van der Waals surface area contributed by atoms with Crippen molar-refractivity contribution in [2.45, 2.75) is 26.7 Å². The molecule has 32 heavy (non-hydrogen) atoms. The van der Waals surface area contributed by atoms with Gasteiger partial charge < -0.3 is 10.1 Å². The zero-order chi connectivity index (χ0) is 23.1. The molecule has 0 spiro atoms. The van der Waals surface area contributed by atoms with Gasteiger partial charge in [0.25, 0.3) is 6.43 Å². The van der Waals surface area contributed by atoms with Crippen molar-refractivity contribution in [1.82, 2.24) is 9.55 Å². The zero-order valence-electron chi connectivity index (χ0n) is 18.0. The summed E-state index contributed by atoms with van der Waals surface area (Å²) in [6.07, 6.45) is 5.31. The number of nitrogens with zero attached hydrogens (tertiary/aromatic N) is 2. The maximum absolute atomic E-state index is 13.1. The minimum Gasteiger partial charge on any atom is -0.487 e. The van der Waals surface area contributed by atoms with E-state index in [1.165, 1.54) is 12.1 Å². The molecule has 0 unspecified atom stereocenters. The number of aromatic nitrogens is 2. The molecule has 3 rings (SSSR count). The zero-order valence-corrected chi connectivity index (χ0v) is 18.0. The van der Waals surface area contributed by atoms with Crippen molar-refractivity contribution in [1.29, 1.82) is 0 Å². The quantitative estimate of drug-likeness (QED) is 0.412. The average Bonchev–Trinajstić information content (AvgIpc) is 2.76. The Morgan fingerprint density at radius 3 is 2.69 bits per heavy atom. The summed E-state index contributed by atoms with van der Waals surface area (Å²) in [6.45, 7) is 6.64. The molecule has 7 heteroatoms. The number of anilines is 2. The van der Waals surface area contributed by atoms with E-state index in [0.29, 0.717) is 17.2 Å². The first kappa shape index (κ1) is 22.9. The van der Waals surface area contributed by atoms with Gasteiger partial charge in [-0.3, -0.25) is 9.36 Å². The second kappa shape index (κ2) is 10.5. The molecule has 0 fully saturated rings. The third-order valence-electron chi connectivity index (χ3n) is 4.54. The van der Waals surface area contributed by atoms with Crippen LogP contribution < -0.4 is 15.5 Å². The summed E-state index contributed by atoms with van der Waals surface area (Å²) in [4.78, 5) is 17.7. The SMILES string of the molecule is C=C/C=C\C(=C/CC)n1c(Nc2ccccc2)cc(=O)c2c(OCC(F)F)cc(C)nc21. The van der Waals surface area contributed by atoms with Crippen molar-refractivity contribution in [3.05, 3.63) is 89.3 Å². The van der Waals surface area contributed by atoms with Crippen LogP contribution in [-0.2, 0) is 0 Å². The van der Waals surface area contributed by atoms with E-state index in [2.05, 4.69) is 16.9 Å². The third-order valence-corrected chi connectivity index (χ3v) is 4.54. The highest BCUT2D eigenvalue weighted by Gasteiger charge is 2.18. The lowest BCUT2D eigenvalue weighted by molar-refractivity contribution is 0.0826. The highest BCUT2D eigenvalue weighted by atomic mass is 19.3. The van der Waals surface area contributed by atoms with E-state index in [-0.39, 0.29) is 16.6 Å². The van der Waals surface area contributed by atoms with E-state index < -0.39 is 13.0 Å². The number of alkyl halides is 2. The van der Waals surface area contributed by atoms with Crippen LogP contribution in [0.15, 0.2) is 78.1 Å². The molecule has 0 aliphatic heterocycles. The van der Waals surface area contributed by atoms with Crippen LogP contribution in [0.2, 0.25) is 0 Å². The summed E-state index contributed by atoms with van der Waals surface area (Å²) in [7, 11) is 0. The Morgan fingerprint density at radius 1 is 1.28 bits per heavy atom. The summed E-state index contributed by atoms with van der Waals surface area (Å²) >= 11 is 0. The number of para-hydroxylation sites is 1. The fourth-order valence-corrected chi connectivity index (χ4v) is 3.29. The number of halogens is 2. The van der Waals surface area contributed by atoms with Gasteiger partial charge in [-0.15, -0.1) is 0 Å². The van der Waals surface area contributed by atoms with Crippen molar-refractivity contribution < 1.29 is 13.5 Å². The third kappa shape index (κ3) is 5.29. The topological polar surface area (TPSA) is 56.2 Å². The Kier molecular flexibility index (Phi) is 7.54. The molecule has 0 saturated carbocycles. The van der Waals surface area contributed by atoms with Crippen LogP contribution in [0.25, 0.3) is 16.7 Å². The molecule has 1 aromatic carbocycles. The maximum Gasteiger partial charge on any atom is 0.272 e. The molecule has 1 N–H and O–H groups in total. The van der Waals surface area contributed by atoms with E-state index in [4.69, 9.17) is 4.74 Å². The van der Waals surface area contributed by atoms with Crippen LogP contribution in [0.1, 0.15) is 19.0 Å². The number of pyridine rings is 2. The predicted octanol–water partition coefficient (Wildman–Crippen LogP) is 6.09. The number of hydrogen-bond donors (Lipinski definition) is 1. The Morgan fingerprint density at radius 2 is 2.03 bits per heavy atom. The second-order valence-electron chi connectivity index (χ2n) is 7.01. The molecule has 5 nitrogen and oxygen atoms in total. The fraction of sp³-hybridized carbons (Fsp3) is 0.200. The minimum absolute atomic E-state index is 0.0846. The lowest BCUT2D eigenvalue weighted by Crippen LogP contribution is -2.16. The molecule has 0 saturated heterocycles. The van der Waals surface area contributed by atoms with E-state index >= 15 is 0 Å². The van der Waals surface area contributed by atoms with Crippen LogP contribution in [-0.4, -0.2) is 22.6 Å². The number of hydrogen-bond acceptors (Lipinski definition) is 4. The first-order chi connectivity index (χ1) is 15.4. The largest absolute Gasteiger partial charge is 0.487 e. The van der Waals surface area contributed by atoms with Crippen molar-refractivity contribution >= 4 is 28.2 Å². The standard InChI is InChI=1S/C25H25F2N3O2/c1-4-6-13-19(10-5-2)30-23(29-18-11-8-7-9-12-18)15-20(31)24-21(32-16-22(26)27)14-17(3)28-25(24)30/h4,6-15,22,29H,1,5,16H2,2-3H3/b13-6-,19-10+. The number of allylic oxidation sites excluding steroid dienone is 5. The van der Waals surface area contributed by atoms with Crippen molar-refractivity contribution in [2.75, 3.05) is 11.9 Å². The summed E-state index contributed by atoms with van der Waals surface area (Å²) in [5.41, 5.74) is 2.00. The van der Waals surface area contributed by atoms with Gasteiger partial charge in [-0.2, -0.15) is 0 Å². The number of nitrogens with one attached hydrogen (secondary N) is 1. The number of aryl methyl sites for hydroxylation is 1. The molecule has 2 heterocycles. The van der Waals surface area contributed by atoms with Gasteiger partial charge in [-0.25, -0.2) is 13.8 Å². The molecule has 0 aliphatic carbocycles. The Hall–Kier alpha value is -3.74. The predicted molar refractivity (Wildman–Crippen MR) is 126 cm³/mol. The van der Waals surface area contributed by atoms with Gasteiger partial charge in [0.2, 0.25) is 0 Å². The van der Waals surface area contributed by atoms with Gasteiger partial charge in [0, 0.05) is 29.2 Å². The first-order valence-electron chi connectivity index (χ1n) is 10.2. The lowest BCUT2D eigenvalue weighted by Gasteiger charge is -2.20. The molecule has 0 atom stereocenters. The van der Waals surface area contributed by atoms with Gasteiger partial charge in [0.1, 0.15) is 23.6 Å². The Bertz CT molecular complexity index is 1220. The monoisotopic (exact) mass is 437 g/mol. The maximum atomic E-state index is 13.1. The average molecular weight is 437 g/mol. The summed E-state index contributed by atoms with van der Waals surface area (Å²) < 4.78 is 32.7. The van der Waals surface area contributed by atoms with Gasteiger partial charge in [-0.1, -0.05) is 49.9 Å². The molecule has 0 aliphatic rings. The number of fused-ring (bicyclic) bond motifs is 1. The molecule has 166 valence electrons. The fourth-order valence-electron chi connectivity index (χ4n) is 3.29. The molecule has 3 aromatic rings. The van der Waals surface area contributed by atoms with E-state index in [9.17, 15) is 13.6 Å². The second-order valence-corrected chi connectivity index (χ2v) is 7.01. The van der Waals surface area contributed by atoms with Crippen LogP contribution in [0.5, 0.6) is 5.75 Å². The minimum atomic E-state index is -2.66. The van der Waals surface area contributed by atoms with E-state index in [1.807, 2.05) is 49.4 Å². The van der Waals surface area contributed by atoms with Gasteiger partial charge >= 0.3 is 0 Å². The number of ether oxygens (including phenoxy) is 1. The molecular weight excluding hydrogens is 412 g/mol. The van der Waals surface area contributed by atoms with Crippen LogP contribution in [0.3, 0.4) is 0 Å². The van der Waals surface area contributed by atoms with Crippen molar-refractivity contribution in [3.8, 4) is 5.75 Å². The highest BCUT2D eigenvalue weighted by Crippen LogP contribution is 2.30. The summed E-state index contributed by atoms with van der Waals surface area (Å²) in [5.74, 6) is 0.571. The van der Waals surface area contributed by atoms with E-state index in [1.54, 1.807) is 23.6 Å². The smallest absolute Gasteiger partial charge is 0.272 e. The number of rotatable bonds is 9. The first-order valence-corrected chi connectivity index (χ1v) is 10.2. The Labute approximate surface area is 185 Å². The lowest BCUT2D eigenvalue weighted by atomic mass is 10.2. The molecule has 0 bridgehead atoms. The molecule has 0 amide bonds. The number of benzene rings is 1. The summed E-state index contributed by atoms with van der Waals surface area (Å²) in [6, 6.07) is 12.3.